The molecule has 7 saturated carbocycles. The third kappa shape index (κ3) is 5.32. The molecule has 1 saturated heterocycles. The summed E-state index contributed by atoms with van der Waals surface area (Å²) in [7, 11) is 0. The molecule has 0 aromatic rings. The number of carbonyl (C=O) groups is 2. The first-order valence-corrected chi connectivity index (χ1v) is 21.4. The van der Waals surface area contributed by atoms with Gasteiger partial charge in [-0.1, -0.05) is 55.4 Å². The predicted octanol–water partition coefficient (Wildman–Crippen LogP) is 8.20. The molecule has 1 heterocycles. The minimum atomic E-state index is -0.791. The Morgan fingerprint density at radius 2 is 1.47 bits per heavy atom. The van der Waals surface area contributed by atoms with Gasteiger partial charge in [0.1, 0.15) is 6.10 Å². The maximum Gasteiger partial charge on any atom is 0.309 e. The number of morpholine rings is 1. The van der Waals surface area contributed by atoms with Crippen LogP contribution in [0.15, 0.2) is 0 Å². The van der Waals surface area contributed by atoms with Crippen LogP contribution in [0.4, 0.5) is 0 Å². The van der Waals surface area contributed by atoms with Crippen molar-refractivity contribution in [1.82, 2.24) is 10.2 Å². The first-order valence-electron chi connectivity index (χ1n) is 21.4. The molecule has 288 valence electrons. The van der Waals surface area contributed by atoms with Gasteiger partial charge in [0.05, 0.1) is 25.0 Å². The van der Waals surface area contributed by atoms with Gasteiger partial charge in [-0.2, -0.15) is 0 Å². The molecule has 0 spiro atoms. The molecule has 8 aliphatic rings. The largest absolute Gasteiger partial charge is 0.481 e. The first-order chi connectivity index (χ1) is 23.9. The third-order valence-electron chi connectivity index (χ3n) is 19.4. The van der Waals surface area contributed by atoms with Crippen molar-refractivity contribution in [3.8, 4) is 0 Å². The van der Waals surface area contributed by atoms with Gasteiger partial charge in [0.15, 0.2) is 0 Å². The second-order valence-electron chi connectivity index (χ2n) is 21.8. The summed E-state index contributed by atoms with van der Waals surface area (Å²) in [6.45, 7) is 25.6. The summed E-state index contributed by atoms with van der Waals surface area (Å²) in [5.74, 6) is 1.92. The molecule has 0 aromatic heterocycles. The Labute approximate surface area is 309 Å². The lowest BCUT2D eigenvalue weighted by Gasteiger charge is -2.73. The molecule has 0 bridgehead atoms. The zero-order valence-electron chi connectivity index (χ0n) is 33.6. The quantitative estimate of drug-likeness (QED) is 0.246. The minimum absolute atomic E-state index is 0.101. The van der Waals surface area contributed by atoms with Crippen LogP contribution < -0.4 is 5.32 Å². The topological polar surface area (TPSA) is 88.1 Å². The summed E-state index contributed by atoms with van der Waals surface area (Å²) >= 11 is 0. The number of nitrogens with zero attached hydrogens (tertiary/aromatic N) is 1. The lowest BCUT2D eigenvalue weighted by Crippen LogP contribution is -2.69. The van der Waals surface area contributed by atoms with Crippen molar-refractivity contribution >= 4 is 11.9 Å². The van der Waals surface area contributed by atoms with Gasteiger partial charge in [-0.25, -0.2) is 0 Å². The van der Waals surface area contributed by atoms with E-state index in [1.165, 1.54) is 64.2 Å². The van der Waals surface area contributed by atoms with E-state index in [9.17, 15) is 14.7 Å². The number of carboxylic acid groups (broad SMARTS) is 1. The van der Waals surface area contributed by atoms with Gasteiger partial charge in [-0.3, -0.25) is 14.5 Å². The summed E-state index contributed by atoms with van der Waals surface area (Å²) in [5.41, 5.74) is 1.11. The van der Waals surface area contributed by atoms with Crippen LogP contribution in [-0.4, -0.2) is 73.0 Å². The van der Waals surface area contributed by atoms with Gasteiger partial charge in [0.25, 0.3) is 0 Å². The highest BCUT2D eigenvalue weighted by atomic mass is 16.5. The SMILES string of the molecule is CC1([C@@H]2CC[C@]3(NCCN4CCOCC4)CC[C@]4(C)[C@H](CC[C@@H]5[C@@]6(C)CC[C@H](OC(=O)[C@H]7C[C@@H](C(=O)O)C7(C)C)C(C)(C)[C@@H]6CC[C@]54C)[C@@H]23)CC1. The zero-order chi connectivity index (χ0) is 36.4. The Morgan fingerprint density at radius 1 is 0.745 bits per heavy atom. The fourth-order valence-electron chi connectivity index (χ4n) is 15.7. The van der Waals surface area contributed by atoms with Crippen LogP contribution in [-0.2, 0) is 19.1 Å². The molecule has 51 heavy (non-hydrogen) atoms. The molecule has 0 aromatic carbocycles. The number of carboxylic acids is 1. The zero-order valence-corrected chi connectivity index (χ0v) is 33.6. The fraction of sp³-hybridized carbons (Fsp3) is 0.955. The lowest BCUT2D eigenvalue weighted by atomic mass is 9.32. The fourth-order valence-corrected chi connectivity index (χ4v) is 15.7. The molecule has 0 amide bonds. The van der Waals surface area contributed by atoms with Gasteiger partial charge in [-0.05, 0) is 140 Å². The standard InChI is InChI=1S/C44H72N2O5/c1-38(2)30(36(47)48)27-31(38)37(49)51-34-13-14-41(6)32(39(34,3)4)12-15-43(8)33(41)10-9-29-35-28(40(5)17-18-40)11-16-44(35,20-19-42(29,43)7)45-21-22-46-23-25-50-26-24-46/h28-35,45H,9-27H2,1-8H3,(H,47,48)/t28-,29-,30+,31-,32+,33-,34+,35-,41+,42-,43-,44+/m1/s1. The van der Waals surface area contributed by atoms with Crippen LogP contribution in [0.25, 0.3) is 0 Å². The van der Waals surface area contributed by atoms with E-state index in [0.717, 1.165) is 70.0 Å². The summed E-state index contributed by atoms with van der Waals surface area (Å²) in [6.07, 6.45) is 15.9. The van der Waals surface area contributed by atoms with E-state index in [1.807, 2.05) is 13.8 Å². The van der Waals surface area contributed by atoms with E-state index in [1.54, 1.807) is 0 Å². The molecule has 7 heteroatoms. The maximum atomic E-state index is 13.6. The Morgan fingerprint density at radius 3 is 2.14 bits per heavy atom. The second-order valence-corrected chi connectivity index (χ2v) is 21.8. The molecule has 2 N–H and O–H groups in total. The van der Waals surface area contributed by atoms with Crippen molar-refractivity contribution in [3.05, 3.63) is 0 Å². The average Bonchev–Trinajstić information content (AvgIpc) is 3.69. The molecule has 7 nitrogen and oxygen atoms in total. The summed E-state index contributed by atoms with van der Waals surface area (Å²) in [4.78, 5) is 28.0. The van der Waals surface area contributed by atoms with Crippen molar-refractivity contribution in [2.75, 3.05) is 39.4 Å². The van der Waals surface area contributed by atoms with E-state index in [2.05, 4.69) is 51.8 Å². The summed E-state index contributed by atoms with van der Waals surface area (Å²) in [6, 6.07) is 0. The number of hydrogen-bond donors (Lipinski definition) is 2. The molecule has 0 unspecified atom stereocenters. The Balaban J connectivity index is 1.01. The number of nitrogens with one attached hydrogen (secondary N) is 1. The second kappa shape index (κ2) is 12.2. The number of hydrogen-bond acceptors (Lipinski definition) is 6. The first kappa shape index (κ1) is 36.8. The van der Waals surface area contributed by atoms with Crippen LogP contribution in [0.2, 0.25) is 0 Å². The minimum Gasteiger partial charge on any atom is -0.481 e. The van der Waals surface area contributed by atoms with Crippen molar-refractivity contribution in [2.45, 2.75) is 151 Å². The molecule has 1 aliphatic heterocycles. The smallest absolute Gasteiger partial charge is 0.309 e. The molecule has 8 fully saturated rings. The number of esters is 1. The Kier molecular flexibility index (Phi) is 8.77. The van der Waals surface area contributed by atoms with E-state index in [-0.39, 0.29) is 28.8 Å². The highest BCUT2D eigenvalue weighted by Crippen LogP contribution is 2.78. The Bertz CT molecular complexity index is 1380. The molecular formula is C44H72N2O5. The van der Waals surface area contributed by atoms with E-state index >= 15 is 0 Å². The number of aliphatic carboxylic acids is 1. The predicted molar refractivity (Wildman–Crippen MR) is 200 cm³/mol. The van der Waals surface area contributed by atoms with Crippen LogP contribution in [0.1, 0.15) is 139 Å². The number of carbonyl (C=O) groups excluding carboxylic acids is 1. The highest BCUT2D eigenvalue weighted by Gasteiger charge is 2.72. The van der Waals surface area contributed by atoms with Crippen molar-refractivity contribution in [1.29, 1.82) is 0 Å². The van der Waals surface area contributed by atoms with E-state index in [4.69, 9.17) is 9.47 Å². The van der Waals surface area contributed by atoms with Crippen LogP contribution >= 0.6 is 0 Å². The van der Waals surface area contributed by atoms with E-state index < -0.39 is 17.3 Å². The van der Waals surface area contributed by atoms with Crippen molar-refractivity contribution in [3.63, 3.8) is 0 Å². The van der Waals surface area contributed by atoms with Gasteiger partial charge in [0, 0.05) is 37.1 Å². The summed E-state index contributed by atoms with van der Waals surface area (Å²) < 4.78 is 12.1. The molecule has 8 rings (SSSR count). The monoisotopic (exact) mass is 709 g/mol. The van der Waals surface area contributed by atoms with Crippen LogP contribution in [0.3, 0.4) is 0 Å². The maximum absolute atomic E-state index is 13.6. The molecule has 12 atom stereocenters. The van der Waals surface area contributed by atoms with Crippen LogP contribution in [0.5, 0.6) is 0 Å². The van der Waals surface area contributed by atoms with Gasteiger partial charge in [-0.15, -0.1) is 0 Å². The molecular weight excluding hydrogens is 636 g/mol. The third-order valence-corrected chi connectivity index (χ3v) is 19.4. The van der Waals surface area contributed by atoms with Crippen molar-refractivity contribution in [2.24, 2.45) is 73.9 Å². The molecule has 0 radical (unpaired) electrons. The number of rotatable bonds is 8. The van der Waals surface area contributed by atoms with Crippen molar-refractivity contribution < 1.29 is 24.2 Å². The Hall–Kier alpha value is -1.18. The average molecular weight is 709 g/mol. The van der Waals surface area contributed by atoms with Gasteiger partial charge >= 0.3 is 11.9 Å². The highest BCUT2D eigenvalue weighted by molar-refractivity contribution is 5.81. The van der Waals surface area contributed by atoms with Crippen LogP contribution in [0, 0.1) is 73.9 Å². The van der Waals surface area contributed by atoms with Gasteiger partial charge < -0.3 is 19.9 Å². The normalized spacial score (nSPS) is 49.3. The molecule has 7 aliphatic carbocycles. The van der Waals surface area contributed by atoms with E-state index in [0.29, 0.717) is 40.0 Å². The number of fused-ring (bicyclic) bond motifs is 7. The number of ether oxygens (including phenoxy) is 2. The summed E-state index contributed by atoms with van der Waals surface area (Å²) in [5, 5.41) is 14.0. The van der Waals surface area contributed by atoms with Gasteiger partial charge in [0.2, 0.25) is 0 Å². The lowest BCUT2D eigenvalue weighted by molar-refractivity contribution is -0.249.